The van der Waals surface area contributed by atoms with Gasteiger partial charge in [0.15, 0.2) is 0 Å². The van der Waals surface area contributed by atoms with E-state index in [1.807, 2.05) is 24.4 Å². The van der Waals surface area contributed by atoms with Crippen LogP contribution in [0.3, 0.4) is 0 Å². The van der Waals surface area contributed by atoms with Crippen LogP contribution in [0.1, 0.15) is 36.2 Å². The Labute approximate surface area is 124 Å². The van der Waals surface area contributed by atoms with E-state index in [1.54, 1.807) is 22.7 Å². The molecule has 1 aliphatic heterocycles. The monoisotopic (exact) mass is 313 g/mol. The Balaban J connectivity index is 2.26. The third-order valence-corrected chi connectivity index (χ3v) is 6.66. The van der Waals surface area contributed by atoms with Gasteiger partial charge in [0.25, 0.3) is 10.2 Å². The normalized spacial score (nSPS) is 19.8. The minimum atomic E-state index is -3.50. The van der Waals surface area contributed by atoms with Gasteiger partial charge >= 0.3 is 0 Å². The van der Waals surface area contributed by atoms with Gasteiger partial charge in [0.05, 0.1) is 12.1 Å². The fourth-order valence-electron chi connectivity index (χ4n) is 2.57. The molecule has 0 aromatic carbocycles. The molecule has 1 atom stereocenters. The van der Waals surface area contributed by atoms with Crippen LogP contribution in [-0.2, 0) is 16.6 Å². The molecular weight excluding hydrogens is 294 g/mol. The van der Waals surface area contributed by atoms with Crippen LogP contribution in [0.25, 0.3) is 0 Å². The lowest BCUT2D eigenvalue weighted by Gasteiger charge is -2.36. The predicted molar refractivity (Wildman–Crippen MR) is 79.5 cm³/mol. The van der Waals surface area contributed by atoms with E-state index in [0.29, 0.717) is 6.54 Å². The first-order valence-corrected chi connectivity index (χ1v) is 8.96. The van der Waals surface area contributed by atoms with Crippen LogP contribution in [0.4, 0.5) is 0 Å². The van der Waals surface area contributed by atoms with Gasteiger partial charge in [0.2, 0.25) is 0 Å². The molecular formula is C13H19N3O2S2. The van der Waals surface area contributed by atoms with Crippen LogP contribution in [0.5, 0.6) is 0 Å². The van der Waals surface area contributed by atoms with Crippen molar-refractivity contribution in [2.24, 2.45) is 0 Å². The lowest BCUT2D eigenvalue weighted by Crippen LogP contribution is -2.46. The number of nitriles is 1. The van der Waals surface area contributed by atoms with Crippen molar-refractivity contribution in [3.63, 3.8) is 0 Å². The maximum atomic E-state index is 12.6. The second-order valence-corrected chi connectivity index (χ2v) is 7.81. The number of hydrogen-bond acceptors (Lipinski definition) is 4. The Kier molecular flexibility index (Phi) is 4.81. The average Bonchev–Trinajstić information content (AvgIpc) is 2.91. The predicted octanol–water partition coefficient (Wildman–Crippen LogP) is 2.15. The van der Waals surface area contributed by atoms with Crippen LogP contribution in [0, 0.1) is 11.3 Å². The molecule has 0 saturated heterocycles. The van der Waals surface area contributed by atoms with Gasteiger partial charge < -0.3 is 0 Å². The molecule has 2 heterocycles. The number of hydrogen-bond donors (Lipinski definition) is 0. The Hall–Kier alpha value is -0.940. The number of rotatable bonds is 5. The highest BCUT2D eigenvalue weighted by molar-refractivity contribution is 7.86. The van der Waals surface area contributed by atoms with Crippen molar-refractivity contribution in [3.8, 4) is 6.07 Å². The summed E-state index contributed by atoms with van der Waals surface area (Å²) in [6.45, 7) is 2.77. The molecule has 0 fully saturated rings. The van der Waals surface area contributed by atoms with Gasteiger partial charge in [-0.1, -0.05) is 6.92 Å². The fourth-order valence-corrected chi connectivity index (χ4v) is 5.09. The SMILES string of the molecule is CCC1c2ccsc2CCN1S(=O)(=O)N(C)CCC#N. The third kappa shape index (κ3) is 2.74. The van der Waals surface area contributed by atoms with Crippen LogP contribution >= 0.6 is 11.3 Å². The van der Waals surface area contributed by atoms with Crippen LogP contribution < -0.4 is 0 Å². The van der Waals surface area contributed by atoms with Crippen molar-refractivity contribution < 1.29 is 8.42 Å². The highest BCUT2D eigenvalue weighted by atomic mass is 32.2. The van der Waals surface area contributed by atoms with Gasteiger partial charge in [0, 0.05) is 31.4 Å². The summed E-state index contributed by atoms with van der Waals surface area (Å²) in [6.07, 6.45) is 1.74. The topological polar surface area (TPSA) is 64.4 Å². The fraction of sp³-hybridized carbons (Fsp3) is 0.615. The summed E-state index contributed by atoms with van der Waals surface area (Å²) >= 11 is 1.70. The van der Waals surface area contributed by atoms with E-state index < -0.39 is 10.2 Å². The molecule has 0 amide bonds. The highest BCUT2D eigenvalue weighted by Gasteiger charge is 2.36. The molecule has 0 aliphatic carbocycles. The zero-order valence-corrected chi connectivity index (χ0v) is 13.4. The molecule has 0 bridgehead atoms. The zero-order chi connectivity index (χ0) is 14.8. The Morgan fingerprint density at radius 3 is 3.00 bits per heavy atom. The van der Waals surface area contributed by atoms with Gasteiger partial charge in [-0.05, 0) is 29.9 Å². The second kappa shape index (κ2) is 6.22. The van der Waals surface area contributed by atoms with Crippen molar-refractivity contribution in [2.45, 2.75) is 32.2 Å². The first kappa shape index (κ1) is 15.4. The van der Waals surface area contributed by atoms with Crippen LogP contribution in [-0.4, -0.2) is 37.2 Å². The molecule has 0 spiro atoms. The van der Waals surface area contributed by atoms with Crippen molar-refractivity contribution in [3.05, 3.63) is 21.9 Å². The van der Waals surface area contributed by atoms with Crippen molar-refractivity contribution in [2.75, 3.05) is 20.1 Å². The van der Waals surface area contributed by atoms with Crippen molar-refractivity contribution in [1.82, 2.24) is 8.61 Å². The first-order chi connectivity index (χ1) is 9.52. The van der Waals surface area contributed by atoms with Crippen molar-refractivity contribution in [1.29, 1.82) is 5.26 Å². The van der Waals surface area contributed by atoms with Gasteiger partial charge in [-0.3, -0.25) is 0 Å². The Morgan fingerprint density at radius 1 is 1.60 bits per heavy atom. The molecule has 0 saturated carbocycles. The Bertz CT molecular complexity index is 603. The van der Waals surface area contributed by atoms with E-state index in [9.17, 15) is 8.42 Å². The minimum Gasteiger partial charge on any atom is -0.198 e. The largest absolute Gasteiger partial charge is 0.282 e. The number of nitrogens with zero attached hydrogens (tertiary/aromatic N) is 3. The van der Waals surface area contributed by atoms with E-state index >= 15 is 0 Å². The quantitative estimate of drug-likeness (QED) is 0.836. The zero-order valence-electron chi connectivity index (χ0n) is 11.7. The maximum absolute atomic E-state index is 12.6. The molecule has 1 unspecified atom stereocenters. The minimum absolute atomic E-state index is 0.0838. The van der Waals surface area contributed by atoms with E-state index in [2.05, 4.69) is 0 Å². The maximum Gasteiger partial charge on any atom is 0.282 e. The lowest BCUT2D eigenvalue weighted by molar-refractivity contribution is 0.279. The Morgan fingerprint density at radius 2 is 2.35 bits per heavy atom. The van der Waals surface area contributed by atoms with E-state index in [1.165, 1.54) is 9.18 Å². The molecule has 1 aliphatic rings. The molecule has 1 aromatic heterocycles. The summed E-state index contributed by atoms with van der Waals surface area (Å²) < 4.78 is 28.1. The standard InChI is InChI=1S/C13H19N3O2S2/c1-3-12-11-6-10-19-13(11)5-9-16(12)20(17,18)15(2)8-4-7-14/h6,10,12H,3-5,8-9H2,1-2H3. The molecule has 20 heavy (non-hydrogen) atoms. The van der Waals surface area contributed by atoms with Crippen LogP contribution in [0.2, 0.25) is 0 Å². The van der Waals surface area contributed by atoms with E-state index in [0.717, 1.165) is 18.4 Å². The van der Waals surface area contributed by atoms with Gasteiger partial charge in [-0.15, -0.1) is 11.3 Å². The number of thiophene rings is 1. The summed E-state index contributed by atoms with van der Waals surface area (Å²) in [5.74, 6) is 0. The smallest absolute Gasteiger partial charge is 0.198 e. The van der Waals surface area contributed by atoms with E-state index in [-0.39, 0.29) is 19.0 Å². The second-order valence-electron chi connectivity index (χ2n) is 4.82. The molecule has 7 heteroatoms. The summed E-state index contributed by atoms with van der Waals surface area (Å²) in [5, 5.41) is 10.6. The molecule has 1 aromatic rings. The summed E-state index contributed by atoms with van der Waals surface area (Å²) in [5.41, 5.74) is 1.14. The number of fused-ring (bicyclic) bond motifs is 1. The average molecular weight is 313 g/mol. The summed E-state index contributed by atoms with van der Waals surface area (Å²) in [4.78, 5) is 1.29. The third-order valence-electron chi connectivity index (χ3n) is 3.66. The van der Waals surface area contributed by atoms with Gasteiger partial charge in [-0.2, -0.15) is 22.3 Å². The first-order valence-electron chi connectivity index (χ1n) is 6.68. The molecule has 2 rings (SSSR count). The molecule has 0 N–H and O–H groups in total. The van der Waals surface area contributed by atoms with E-state index in [4.69, 9.17) is 5.26 Å². The van der Waals surface area contributed by atoms with Crippen LogP contribution in [0.15, 0.2) is 11.4 Å². The van der Waals surface area contributed by atoms with Crippen molar-refractivity contribution >= 4 is 21.5 Å². The molecule has 0 radical (unpaired) electrons. The van der Waals surface area contributed by atoms with Gasteiger partial charge in [-0.25, -0.2) is 0 Å². The summed E-state index contributed by atoms with van der Waals surface area (Å²) in [7, 11) is -1.95. The van der Waals surface area contributed by atoms with Gasteiger partial charge in [0.1, 0.15) is 0 Å². The molecule has 110 valence electrons. The highest BCUT2D eigenvalue weighted by Crippen LogP contribution is 2.37. The lowest BCUT2D eigenvalue weighted by atomic mass is 10.0. The molecule has 5 nitrogen and oxygen atoms in total. The summed E-state index contributed by atoms with van der Waals surface area (Å²) in [6, 6.07) is 3.94.